The van der Waals surface area contributed by atoms with Crippen molar-refractivity contribution in [2.45, 2.75) is 0 Å². The van der Waals surface area contributed by atoms with Crippen LogP contribution in [0.4, 0.5) is 0 Å². The van der Waals surface area contributed by atoms with Gasteiger partial charge in [-0.2, -0.15) is 10.2 Å². The molecule has 0 saturated heterocycles. The van der Waals surface area contributed by atoms with Crippen LogP contribution in [0.25, 0.3) is 10.9 Å². The normalized spacial score (nSPS) is 12.1. The van der Waals surface area contributed by atoms with Gasteiger partial charge in [0.15, 0.2) is 0 Å². The molecule has 5 heteroatoms. The van der Waals surface area contributed by atoms with E-state index in [1.54, 1.807) is 18.7 Å². The number of aromatic amines is 1. The predicted octanol–water partition coefficient (Wildman–Crippen LogP) is 3.98. The van der Waals surface area contributed by atoms with E-state index in [2.05, 4.69) is 31.1 Å². The van der Waals surface area contributed by atoms with Crippen molar-refractivity contribution in [2.24, 2.45) is 10.2 Å². The first-order valence-electron chi connectivity index (χ1n) is 5.69. The average molecular weight is 316 g/mol. The Hall–Kier alpha value is -2.14. The monoisotopic (exact) mass is 315 g/mol. The molecular weight excluding hydrogens is 306 g/mol. The molecule has 0 saturated carbocycles. The summed E-state index contributed by atoms with van der Waals surface area (Å²) in [6.07, 6.45) is 6.79. The molecule has 0 radical (unpaired) electrons. The zero-order valence-electron chi connectivity index (χ0n) is 9.88. The number of aromatic nitrogens is 1. The lowest BCUT2D eigenvalue weighted by Gasteiger charge is -1.92. The van der Waals surface area contributed by atoms with Crippen LogP contribution in [0.1, 0.15) is 11.3 Å². The van der Waals surface area contributed by atoms with Gasteiger partial charge < -0.3 is 9.40 Å². The second-order valence-corrected chi connectivity index (χ2v) is 4.85. The smallest absolute Gasteiger partial charge is 0.146 e. The molecule has 19 heavy (non-hydrogen) atoms. The maximum Gasteiger partial charge on any atom is 0.146 e. The van der Waals surface area contributed by atoms with E-state index in [1.165, 1.54) is 0 Å². The van der Waals surface area contributed by atoms with Crippen LogP contribution >= 0.6 is 15.9 Å². The topological polar surface area (TPSA) is 53.6 Å². The van der Waals surface area contributed by atoms with Crippen molar-refractivity contribution in [3.8, 4) is 0 Å². The van der Waals surface area contributed by atoms with Crippen molar-refractivity contribution in [1.29, 1.82) is 0 Å². The summed E-state index contributed by atoms with van der Waals surface area (Å²) in [5, 5.41) is 9.06. The highest BCUT2D eigenvalue weighted by Crippen LogP contribution is 2.21. The van der Waals surface area contributed by atoms with E-state index in [9.17, 15) is 0 Å². The summed E-state index contributed by atoms with van der Waals surface area (Å²) in [4.78, 5) is 3.19. The van der Waals surface area contributed by atoms with E-state index in [0.717, 1.165) is 20.9 Å². The minimum atomic E-state index is 0.679. The maximum absolute atomic E-state index is 5.12. The number of furan rings is 1. The van der Waals surface area contributed by atoms with E-state index in [-0.39, 0.29) is 0 Å². The van der Waals surface area contributed by atoms with E-state index in [0.29, 0.717) is 5.76 Å². The van der Waals surface area contributed by atoms with Crippen LogP contribution in [-0.2, 0) is 0 Å². The summed E-state index contributed by atoms with van der Waals surface area (Å²) in [5.41, 5.74) is 2.06. The summed E-state index contributed by atoms with van der Waals surface area (Å²) in [6.45, 7) is 0. The standard InChI is InChI=1S/C14H10BrN3O/c15-11-3-4-14-13(6-11)10(7-16-14)8-17-18-9-12-2-1-5-19-12/h1-9,16H/b17-8+,18-9?. The van der Waals surface area contributed by atoms with Gasteiger partial charge in [0.2, 0.25) is 0 Å². The van der Waals surface area contributed by atoms with Gasteiger partial charge in [-0.05, 0) is 30.3 Å². The van der Waals surface area contributed by atoms with Crippen LogP contribution < -0.4 is 0 Å². The number of hydrogen-bond donors (Lipinski definition) is 1. The SMILES string of the molecule is Brc1ccc2[nH]cc(/C=N/N=Cc3ccco3)c2c1. The summed E-state index contributed by atoms with van der Waals surface area (Å²) in [6, 6.07) is 9.69. The Bertz CT molecular complexity index is 741. The molecule has 3 rings (SSSR count). The molecule has 1 N–H and O–H groups in total. The Morgan fingerprint density at radius 3 is 2.89 bits per heavy atom. The van der Waals surface area contributed by atoms with Gasteiger partial charge in [0.1, 0.15) is 5.76 Å². The molecule has 0 aliphatic heterocycles. The number of halogens is 1. The van der Waals surface area contributed by atoms with E-state index in [4.69, 9.17) is 4.42 Å². The summed E-state index contributed by atoms with van der Waals surface area (Å²) in [7, 11) is 0. The minimum Gasteiger partial charge on any atom is -0.463 e. The van der Waals surface area contributed by atoms with Gasteiger partial charge in [-0.25, -0.2) is 0 Å². The van der Waals surface area contributed by atoms with Gasteiger partial charge in [-0.15, -0.1) is 0 Å². The largest absolute Gasteiger partial charge is 0.463 e. The molecular formula is C14H10BrN3O. The first kappa shape index (κ1) is 11.9. The van der Waals surface area contributed by atoms with Crippen molar-refractivity contribution in [1.82, 2.24) is 4.98 Å². The third-order valence-corrected chi connectivity index (χ3v) is 3.16. The van der Waals surface area contributed by atoms with Crippen LogP contribution in [0, 0.1) is 0 Å². The third kappa shape index (κ3) is 2.66. The molecule has 2 heterocycles. The van der Waals surface area contributed by atoms with Gasteiger partial charge in [-0.1, -0.05) is 15.9 Å². The molecule has 0 atom stereocenters. The first-order chi connectivity index (χ1) is 9.33. The Labute approximate surface area is 118 Å². The minimum absolute atomic E-state index is 0.679. The molecule has 0 fully saturated rings. The fourth-order valence-corrected chi connectivity index (χ4v) is 2.13. The number of benzene rings is 1. The van der Waals surface area contributed by atoms with Crippen molar-refractivity contribution >= 4 is 39.3 Å². The van der Waals surface area contributed by atoms with Crippen molar-refractivity contribution in [2.75, 3.05) is 0 Å². The molecule has 3 aromatic rings. The quantitative estimate of drug-likeness (QED) is 0.577. The van der Waals surface area contributed by atoms with Crippen LogP contribution in [0.5, 0.6) is 0 Å². The van der Waals surface area contributed by atoms with Gasteiger partial charge in [0.05, 0.1) is 18.7 Å². The van der Waals surface area contributed by atoms with Gasteiger partial charge in [0.25, 0.3) is 0 Å². The van der Waals surface area contributed by atoms with Crippen molar-refractivity contribution < 1.29 is 4.42 Å². The molecule has 4 nitrogen and oxygen atoms in total. The highest BCUT2D eigenvalue weighted by Gasteiger charge is 2.01. The van der Waals surface area contributed by atoms with Crippen LogP contribution in [0.15, 0.2) is 61.9 Å². The number of rotatable bonds is 3. The number of nitrogens with zero attached hydrogens (tertiary/aromatic N) is 2. The van der Waals surface area contributed by atoms with E-state index < -0.39 is 0 Å². The lowest BCUT2D eigenvalue weighted by atomic mass is 10.2. The fourth-order valence-electron chi connectivity index (χ4n) is 1.77. The van der Waals surface area contributed by atoms with Crippen LogP contribution in [0.3, 0.4) is 0 Å². The lowest BCUT2D eigenvalue weighted by Crippen LogP contribution is -1.78. The molecule has 0 aliphatic carbocycles. The second-order valence-electron chi connectivity index (χ2n) is 3.94. The highest BCUT2D eigenvalue weighted by atomic mass is 79.9. The molecule has 94 valence electrons. The van der Waals surface area contributed by atoms with E-state index in [1.807, 2.05) is 36.5 Å². The maximum atomic E-state index is 5.12. The summed E-state index contributed by atoms with van der Waals surface area (Å²) < 4.78 is 6.16. The van der Waals surface area contributed by atoms with Crippen molar-refractivity contribution in [3.63, 3.8) is 0 Å². The fraction of sp³-hybridized carbons (Fsp3) is 0. The van der Waals surface area contributed by atoms with Gasteiger partial charge >= 0.3 is 0 Å². The Morgan fingerprint density at radius 1 is 1.16 bits per heavy atom. The molecule has 0 bridgehead atoms. The number of hydrogen-bond acceptors (Lipinski definition) is 3. The molecule has 2 aromatic heterocycles. The number of H-pyrrole nitrogens is 1. The molecule has 0 aliphatic rings. The Morgan fingerprint density at radius 2 is 2.05 bits per heavy atom. The van der Waals surface area contributed by atoms with Crippen LogP contribution in [-0.4, -0.2) is 17.4 Å². The zero-order chi connectivity index (χ0) is 13.1. The predicted molar refractivity (Wildman–Crippen MR) is 79.9 cm³/mol. The molecule has 1 aromatic carbocycles. The second kappa shape index (κ2) is 5.24. The van der Waals surface area contributed by atoms with Gasteiger partial charge in [-0.3, -0.25) is 0 Å². The molecule has 0 spiro atoms. The first-order valence-corrected chi connectivity index (χ1v) is 6.49. The van der Waals surface area contributed by atoms with Crippen LogP contribution in [0.2, 0.25) is 0 Å². The van der Waals surface area contributed by atoms with Gasteiger partial charge in [0, 0.05) is 27.1 Å². The molecule has 0 amide bonds. The number of fused-ring (bicyclic) bond motifs is 1. The third-order valence-electron chi connectivity index (χ3n) is 2.67. The highest BCUT2D eigenvalue weighted by molar-refractivity contribution is 9.10. The summed E-state index contributed by atoms with van der Waals surface area (Å²) >= 11 is 3.46. The summed E-state index contributed by atoms with van der Waals surface area (Å²) in [5.74, 6) is 0.679. The Balaban J connectivity index is 1.83. The van der Waals surface area contributed by atoms with Crippen molar-refractivity contribution in [3.05, 3.63) is 58.6 Å². The zero-order valence-corrected chi connectivity index (χ0v) is 11.5. The van der Waals surface area contributed by atoms with E-state index >= 15 is 0 Å². The average Bonchev–Trinajstić information content (AvgIpc) is 3.04. The molecule has 0 unspecified atom stereocenters. The number of nitrogens with one attached hydrogen (secondary N) is 1. The Kier molecular flexibility index (Phi) is 3.29. The lowest BCUT2D eigenvalue weighted by molar-refractivity contribution is 0.560.